The first-order chi connectivity index (χ1) is 6.74. The largest absolute Gasteiger partial charge is 0.459 e. The maximum absolute atomic E-state index is 11.4. The lowest BCUT2D eigenvalue weighted by molar-refractivity contribution is 0.0925. The summed E-state index contributed by atoms with van der Waals surface area (Å²) in [7, 11) is 0. The summed E-state index contributed by atoms with van der Waals surface area (Å²) in [4.78, 5) is 11.8. The number of alkyl halides is 1. The molecule has 0 spiro atoms. The number of hydrogen-bond acceptors (Lipinski definition) is 2. The molecule has 0 bridgehead atoms. The zero-order chi connectivity index (χ0) is 10.4. The van der Waals surface area contributed by atoms with Crippen LogP contribution in [0.3, 0.4) is 0 Å². The Morgan fingerprint density at radius 3 is 3.07 bits per heavy atom. The second-order valence-electron chi connectivity index (χ2n) is 3.03. The van der Waals surface area contributed by atoms with Crippen molar-refractivity contribution in [3.63, 3.8) is 0 Å². The molecule has 0 saturated heterocycles. The summed E-state index contributed by atoms with van der Waals surface area (Å²) in [6, 6.07) is 3.36. The fourth-order valence-electron chi connectivity index (χ4n) is 1.04. The monoisotopic (exact) mass is 259 g/mol. The highest BCUT2D eigenvalue weighted by atomic mass is 79.9. The molecule has 0 radical (unpaired) electrons. The number of halogens is 1. The molecule has 1 atom stereocenters. The zero-order valence-corrected chi connectivity index (χ0v) is 9.71. The Labute approximate surface area is 92.0 Å². The van der Waals surface area contributed by atoms with Gasteiger partial charge in [0.25, 0.3) is 5.91 Å². The summed E-state index contributed by atoms with van der Waals surface area (Å²) in [5.74, 6) is 0.221. The molecule has 1 amide bonds. The molecule has 1 N–H and O–H groups in total. The summed E-state index contributed by atoms with van der Waals surface area (Å²) >= 11 is 3.50. The third-order valence-corrected chi connectivity index (χ3v) is 3.04. The van der Waals surface area contributed by atoms with Crippen molar-refractivity contribution in [3.8, 4) is 0 Å². The van der Waals surface area contributed by atoms with Gasteiger partial charge < -0.3 is 9.73 Å². The van der Waals surface area contributed by atoms with Crippen molar-refractivity contribution in [1.82, 2.24) is 5.32 Å². The van der Waals surface area contributed by atoms with E-state index in [1.54, 1.807) is 12.1 Å². The molecule has 1 aromatic heterocycles. The maximum atomic E-state index is 11.4. The number of nitrogens with one attached hydrogen (secondary N) is 1. The quantitative estimate of drug-likeness (QED) is 0.827. The van der Waals surface area contributed by atoms with E-state index in [1.807, 2.05) is 0 Å². The fraction of sp³-hybridized carbons (Fsp3) is 0.500. The molecule has 0 saturated carbocycles. The van der Waals surface area contributed by atoms with Crippen molar-refractivity contribution < 1.29 is 9.21 Å². The van der Waals surface area contributed by atoms with Crippen molar-refractivity contribution >= 4 is 21.8 Å². The first-order valence-corrected chi connectivity index (χ1v) is 5.61. The van der Waals surface area contributed by atoms with Gasteiger partial charge in [-0.05, 0) is 25.0 Å². The standard InChI is InChI=1S/C10H14BrNO2/c1-2-8(11)5-6-12-10(13)9-4-3-7-14-9/h3-4,7-8H,2,5-6H2,1H3,(H,12,13). The topological polar surface area (TPSA) is 42.2 Å². The number of rotatable bonds is 5. The van der Waals surface area contributed by atoms with E-state index in [2.05, 4.69) is 28.2 Å². The van der Waals surface area contributed by atoms with Gasteiger partial charge in [0.1, 0.15) is 0 Å². The highest BCUT2D eigenvalue weighted by Gasteiger charge is 2.07. The normalized spacial score (nSPS) is 12.4. The van der Waals surface area contributed by atoms with Gasteiger partial charge >= 0.3 is 0 Å². The van der Waals surface area contributed by atoms with Gasteiger partial charge in [0.05, 0.1) is 6.26 Å². The van der Waals surface area contributed by atoms with E-state index < -0.39 is 0 Å². The predicted molar refractivity (Wildman–Crippen MR) is 58.7 cm³/mol. The van der Waals surface area contributed by atoms with Gasteiger partial charge in [-0.25, -0.2) is 0 Å². The zero-order valence-electron chi connectivity index (χ0n) is 8.13. The summed E-state index contributed by atoms with van der Waals surface area (Å²) in [5, 5.41) is 2.79. The van der Waals surface area contributed by atoms with E-state index in [4.69, 9.17) is 4.42 Å². The average molecular weight is 260 g/mol. The van der Waals surface area contributed by atoms with Gasteiger partial charge in [0.15, 0.2) is 5.76 Å². The lowest BCUT2D eigenvalue weighted by atomic mass is 10.2. The second kappa shape index (κ2) is 5.86. The van der Waals surface area contributed by atoms with E-state index in [-0.39, 0.29) is 5.91 Å². The lowest BCUT2D eigenvalue weighted by Crippen LogP contribution is -2.25. The number of carbonyl (C=O) groups excluding carboxylic acids is 1. The minimum atomic E-state index is -0.147. The van der Waals surface area contributed by atoms with Crippen LogP contribution < -0.4 is 5.32 Å². The summed E-state index contributed by atoms with van der Waals surface area (Å²) in [6.45, 7) is 2.77. The van der Waals surface area contributed by atoms with Crippen LogP contribution in [-0.2, 0) is 0 Å². The first kappa shape index (κ1) is 11.3. The van der Waals surface area contributed by atoms with Crippen LogP contribution in [0.5, 0.6) is 0 Å². The fourth-order valence-corrected chi connectivity index (χ4v) is 1.27. The van der Waals surface area contributed by atoms with Gasteiger partial charge in [-0.1, -0.05) is 22.9 Å². The van der Waals surface area contributed by atoms with Crippen LogP contribution in [0.25, 0.3) is 0 Å². The highest BCUT2D eigenvalue weighted by molar-refractivity contribution is 9.09. The lowest BCUT2D eigenvalue weighted by Gasteiger charge is -2.06. The molecule has 14 heavy (non-hydrogen) atoms. The minimum absolute atomic E-state index is 0.147. The van der Waals surface area contributed by atoms with Crippen LogP contribution in [0, 0.1) is 0 Å². The van der Waals surface area contributed by atoms with Crippen molar-refractivity contribution in [2.75, 3.05) is 6.54 Å². The minimum Gasteiger partial charge on any atom is -0.459 e. The van der Waals surface area contributed by atoms with Crippen LogP contribution in [0.15, 0.2) is 22.8 Å². The average Bonchev–Trinajstić information content (AvgIpc) is 2.70. The van der Waals surface area contributed by atoms with Gasteiger partial charge in [-0.2, -0.15) is 0 Å². The van der Waals surface area contributed by atoms with Crippen LogP contribution in [-0.4, -0.2) is 17.3 Å². The number of hydrogen-bond donors (Lipinski definition) is 1. The summed E-state index contributed by atoms with van der Waals surface area (Å²) in [6.07, 6.45) is 3.49. The Balaban J connectivity index is 2.23. The smallest absolute Gasteiger partial charge is 0.286 e. The molecule has 1 unspecified atom stereocenters. The number of amides is 1. The number of furan rings is 1. The highest BCUT2D eigenvalue weighted by Crippen LogP contribution is 2.08. The summed E-state index contributed by atoms with van der Waals surface area (Å²) < 4.78 is 4.96. The van der Waals surface area contributed by atoms with Crippen LogP contribution >= 0.6 is 15.9 Å². The van der Waals surface area contributed by atoms with Gasteiger partial charge in [0.2, 0.25) is 0 Å². The third kappa shape index (κ3) is 3.54. The molecule has 1 rings (SSSR count). The predicted octanol–water partition coefficient (Wildman–Crippen LogP) is 2.57. The molecule has 1 aromatic rings. The Morgan fingerprint density at radius 2 is 2.50 bits per heavy atom. The molecule has 0 fully saturated rings. The van der Waals surface area contributed by atoms with E-state index >= 15 is 0 Å². The van der Waals surface area contributed by atoms with Crippen molar-refractivity contribution in [2.45, 2.75) is 24.6 Å². The Kier molecular flexibility index (Phi) is 4.73. The van der Waals surface area contributed by atoms with E-state index in [1.165, 1.54) is 6.26 Å². The third-order valence-electron chi connectivity index (χ3n) is 1.93. The molecule has 0 aromatic carbocycles. The van der Waals surface area contributed by atoms with Gasteiger partial charge in [-0.3, -0.25) is 4.79 Å². The van der Waals surface area contributed by atoms with E-state index in [0.29, 0.717) is 17.1 Å². The molecule has 1 heterocycles. The van der Waals surface area contributed by atoms with Crippen molar-refractivity contribution in [2.24, 2.45) is 0 Å². The van der Waals surface area contributed by atoms with Crippen LogP contribution in [0.1, 0.15) is 30.3 Å². The molecular weight excluding hydrogens is 246 g/mol. The van der Waals surface area contributed by atoms with Crippen LogP contribution in [0.2, 0.25) is 0 Å². The molecule has 3 nitrogen and oxygen atoms in total. The maximum Gasteiger partial charge on any atom is 0.286 e. The molecular formula is C10H14BrNO2. The van der Waals surface area contributed by atoms with Crippen molar-refractivity contribution in [1.29, 1.82) is 0 Å². The molecule has 0 aliphatic heterocycles. The first-order valence-electron chi connectivity index (χ1n) is 4.69. The second-order valence-corrected chi connectivity index (χ2v) is 4.32. The molecule has 4 heteroatoms. The Morgan fingerprint density at radius 1 is 1.71 bits per heavy atom. The number of carbonyl (C=O) groups is 1. The van der Waals surface area contributed by atoms with Gasteiger partial charge in [-0.15, -0.1) is 0 Å². The van der Waals surface area contributed by atoms with Crippen LogP contribution in [0.4, 0.5) is 0 Å². The molecule has 0 aliphatic rings. The Bertz CT molecular complexity index is 272. The molecule has 78 valence electrons. The Hall–Kier alpha value is -0.770. The van der Waals surface area contributed by atoms with E-state index in [0.717, 1.165) is 12.8 Å². The van der Waals surface area contributed by atoms with Crippen molar-refractivity contribution in [3.05, 3.63) is 24.2 Å². The van der Waals surface area contributed by atoms with Gasteiger partial charge in [0, 0.05) is 11.4 Å². The molecule has 0 aliphatic carbocycles. The van der Waals surface area contributed by atoms with E-state index in [9.17, 15) is 4.79 Å². The SMILES string of the molecule is CCC(Br)CCNC(=O)c1ccco1. The summed E-state index contributed by atoms with van der Waals surface area (Å²) in [5.41, 5.74) is 0.